The van der Waals surface area contributed by atoms with Gasteiger partial charge in [0.15, 0.2) is 5.75 Å². The maximum absolute atomic E-state index is 11.2. The van der Waals surface area contributed by atoms with Crippen LogP contribution in [-0.2, 0) is 13.7 Å². The van der Waals surface area contributed by atoms with Crippen LogP contribution in [0.15, 0.2) is 48.5 Å². The zero-order valence-electron chi connectivity index (χ0n) is 19.0. The van der Waals surface area contributed by atoms with Crippen LogP contribution in [0, 0.1) is 13.8 Å². The number of carboxylic acids is 1. The van der Waals surface area contributed by atoms with Crippen molar-refractivity contribution in [2.24, 2.45) is 7.05 Å². The van der Waals surface area contributed by atoms with Crippen molar-refractivity contribution in [1.82, 2.24) is 14.5 Å². The first-order valence-electron chi connectivity index (χ1n) is 10.6. The second kappa shape index (κ2) is 9.20. The zero-order chi connectivity index (χ0) is 23.5. The monoisotopic (exact) mass is 447 g/mol. The summed E-state index contributed by atoms with van der Waals surface area (Å²) in [5.74, 6) is 2.01. The highest BCUT2D eigenvalue weighted by Crippen LogP contribution is 2.34. The third-order valence-electron chi connectivity index (χ3n) is 5.17. The molecule has 0 saturated carbocycles. The average Bonchev–Trinajstić information content (AvgIpc) is 3.10. The zero-order valence-corrected chi connectivity index (χ0v) is 19.0. The quantitative estimate of drug-likeness (QED) is 0.404. The van der Waals surface area contributed by atoms with Gasteiger partial charge in [-0.2, -0.15) is 0 Å². The third kappa shape index (κ3) is 4.74. The Bertz CT molecular complexity index is 1330. The lowest BCUT2D eigenvalue weighted by molar-refractivity contribution is 0.0696. The van der Waals surface area contributed by atoms with E-state index in [2.05, 4.69) is 4.98 Å². The van der Waals surface area contributed by atoms with E-state index in [1.54, 1.807) is 12.1 Å². The molecule has 2 aromatic heterocycles. The molecule has 2 aromatic carbocycles. The van der Waals surface area contributed by atoms with Crippen molar-refractivity contribution in [3.8, 4) is 23.0 Å². The van der Waals surface area contributed by atoms with E-state index in [-0.39, 0.29) is 12.2 Å². The third-order valence-corrected chi connectivity index (χ3v) is 5.17. The number of benzene rings is 2. The molecule has 33 heavy (non-hydrogen) atoms. The maximum atomic E-state index is 11.2. The molecule has 0 amide bonds. The molecule has 0 unspecified atom stereocenters. The molecule has 2 heterocycles. The first-order valence-corrected chi connectivity index (χ1v) is 10.6. The highest BCUT2D eigenvalue weighted by molar-refractivity contribution is 5.88. The van der Waals surface area contributed by atoms with E-state index in [0.29, 0.717) is 40.9 Å². The normalized spacial score (nSPS) is 10.9. The molecule has 8 heteroatoms. The van der Waals surface area contributed by atoms with Crippen LogP contribution in [0.1, 0.15) is 34.5 Å². The van der Waals surface area contributed by atoms with E-state index in [9.17, 15) is 9.90 Å². The van der Waals surface area contributed by atoms with Gasteiger partial charge in [0, 0.05) is 24.9 Å². The molecule has 0 aliphatic rings. The molecule has 8 nitrogen and oxygen atoms in total. The predicted octanol–water partition coefficient (Wildman–Crippen LogP) is 5.05. The Labute approximate surface area is 191 Å². The lowest BCUT2D eigenvalue weighted by Crippen LogP contribution is -2.04. The second-order valence-corrected chi connectivity index (χ2v) is 7.57. The van der Waals surface area contributed by atoms with Gasteiger partial charge in [0.25, 0.3) is 0 Å². The maximum Gasteiger partial charge on any atom is 0.335 e. The standard InChI is InChI=1S/C25H25N3O5/c1-5-31-22-13-19(33-21-10-9-15(2)26-16(21)3)12-20-24(22)27-23(28(20)4)14-32-18-8-6-7-17(11-18)25(29)30/h6-13H,5,14H2,1-4H3,(H,29,30). The molecule has 170 valence electrons. The summed E-state index contributed by atoms with van der Waals surface area (Å²) >= 11 is 0. The highest BCUT2D eigenvalue weighted by atomic mass is 16.5. The van der Waals surface area contributed by atoms with Crippen molar-refractivity contribution in [2.45, 2.75) is 27.4 Å². The fraction of sp³-hybridized carbons (Fsp3) is 0.240. The van der Waals surface area contributed by atoms with Crippen molar-refractivity contribution in [3.63, 3.8) is 0 Å². The van der Waals surface area contributed by atoms with Gasteiger partial charge in [0.2, 0.25) is 0 Å². The predicted molar refractivity (Wildman–Crippen MR) is 123 cm³/mol. The number of aryl methyl sites for hydroxylation is 3. The molecule has 0 saturated heterocycles. The number of nitrogens with zero attached hydrogens (tertiary/aromatic N) is 3. The van der Waals surface area contributed by atoms with Crippen molar-refractivity contribution in [3.05, 3.63) is 71.3 Å². The van der Waals surface area contributed by atoms with Crippen LogP contribution < -0.4 is 14.2 Å². The van der Waals surface area contributed by atoms with Crippen LogP contribution >= 0.6 is 0 Å². The van der Waals surface area contributed by atoms with Crippen molar-refractivity contribution in [2.75, 3.05) is 6.61 Å². The average molecular weight is 447 g/mol. The Balaban J connectivity index is 1.65. The van der Waals surface area contributed by atoms with Crippen LogP contribution in [0.25, 0.3) is 11.0 Å². The summed E-state index contributed by atoms with van der Waals surface area (Å²) in [6.07, 6.45) is 0. The number of ether oxygens (including phenoxy) is 3. The molecule has 0 aliphatic heterocycles. The highest BCUT2D eigenvalue weighted by Gasteiger charge is 2.16. The number of carboxylic acid groups (broad SMARTS) is 1. The fourth-order valence-corrected chi connectivity index (χ4v) is 3.51. The van der Waals surface area contributed by atoms with Crippen molar-refractivity contribution < 1.29 is 24.1 Å². The van der Waals surface area contributed by atoms with Crippen LogP contribution in [0.4, 0.5) is 0 Å². The summed E-state index contributed by atoms with van der Waals surface area (Å²) in [6, 6.07) is 13.9. The topological polar surface area (TPSA) is 95.7 Å². The van der Waals surface area contributed by atoms with E-state index >= 15 is 0 Å². The summed E-state index contributed by atoms with van der Waals surface area (Å²) in [4.78, 5) is 20.4. The molecule has 0 bridgehead atoms. The van der Waals surface area contributed by atoms with Gasteiger partial charge in [0.05, 0.1) is 23.4 Å². The number of pyridine rings is 1. The van der Waals surface area contributed by atoms with E-state index in [1.807, 2.05) is 56.7 Å². The van der Waals surface area contributed by atoms with Crippen molar-refractivity contribution in [1.29, 1.82) is 0 Å². The lowest BCUT2D eigenvalue weighted by atomic mass is 10.2. The van der Waals surface area contributed by atoms with Gasteiger partial charge in [-0.3, -0.25) is 4.98 Å². The Morgan fingerprint density at radius 1 is 1.00 bits per heavy atom. The summed E-state index contributed by atoms with van der Waals surface area (Å²) in [5.41, 5.74) is 3.42. The van der Waals surface area contributed by atoms with E-state index in [1.165, 1.54) is 12.1 Å². The molecular weight excluding hydrogens is 422 g/mol. The summed E-state index contributed by atoms with van der Waals surface area (Å²) in [7, 11) is 1.89. The Morgan fingerprint density at radius 3 is 2.55 bits per heavy atom. The molecule has 0 atom stereocenters. The van der Waals surface area contributed by atoms with Gasteiger partial charge in [0.1, 0.15) is 35.2 Å². The summed E-state index contributed by atoms with van der Waals surface area (Å²) in [6.45, 7) is 6.40. The molecular formula is C25H25N3O5. The fourth-order valence-electron chi connectivity index (χ4n) is 3.51. The summed E-state index contributed by atoms with van der Waals surface area (Å²) in [5, 5.41) is 9.18. The van der Waals surface area contributed by atoms with Gasteiger partial charge >= 0.3 is 5.97 Å². The van der Waals surface area contributed by atoms with E-state index < -0.39 is 5.97 Å². The minimum atomic E-state index is -1.00. The van der Waals surface area contributed by atoms with E-state index in [4.69, 9.17) is 19.2 Å². The number of aromatic carboxylic acids is 1. The van der Waals surface area contributed by atoms with Gasteiger partial charge < -0.3 is 23.9 Å². The van der Waals surface area contributed by atoms with E-state index in [0.717, 1.165) is 16.9 Å². The lowest BCUT2D eigenvalue weighted by Gasteiger charge is -2.11. The van der Waals surface area contributed by atoms with Gasteiger partial charge in [-0.25, -0.2) is 9.78 Å². The number of hydrogen-bond acceptors (Lipinski definition) is 6. The number of rotatable bonds is 8. The Morgan fingerprint density at radius 2 is 1.82 bits per heavy atom. The number of fused-ring (bicyclic) bond motifs is 1. The largest absolute Gasteiger partial charge is 0.491 e. The van der Waals surface area contributed by atoms with Gasteiger partial charge in [-0.05, 0) is 51.1 Å². The number of aromatic nitrogens is 3. The minimum Gasteiger partial charge on any atom is -0.491 e. The SMILES string of the molecule is CCOc1cc(Oc2ccc(C)nc2C)cc2c1nc(COc1cccc(C(=O)O)c1)n2C. The molecule has 0 spiro atoms. The molecule has 1 N–H and O–H groups in total. The number of hydrogen-bond donors (Lipinski definition) is 1. The molecule has 0 fully saturated rings. The Hall–Kier alpha value is -4.07. The first kappa shape index (κ1) is 22.1. The number of imidazole rings is 1. The second-order valence-electron chi connectivity index (χ2n) is 7.57. The molecule has 4 aromatic rings. The molecule has 0 radical (unpaired) electrons. The van der Waals surface area contributed by atoms with Crippen LogP contribution in [-0.4, -0.2) is 32.2 Å². The summed E-state index contributed by atoms with van der Waals surface area (Å²) < 4.78 is 19.7. The van der Waals surface area contributed by atoms with Crippen molar-refractivity contribution >= 4 is 17.0 Å². The molecule has 4 rings (SSSR count). The van der Waals surface area contributed by atoms with Gasteiger partial charge in [-0.15, -0.1) is 0 Å². The van der Waals surface area contributed by atoms with Gasteiger partial charge in [-0.1, -0.05) is 6.07 Å². The smallest absolute Gasteiger partial charge is 0.335 e. The molecule has 0 aliphatic carbocycles. The first-order chi connectivity index (χ1) is 15.9. The van der Waals surface area contributed by atoms with Crippen LogP contribution in [0.2, 0.25) is 0 Å². The Kier molecular flexibility index (Phi) is 6.17. The number of carbonyl (C=O) groups is 1. The van der Waals surface area contributed by atoms with Crippen LogP contribution in [0.5, 0.6) is 23.0 Å². The van der Waals surface area contributed by atoms with Crippen LogP contribution in [0.3, 0.4) is 0 Å². The minimum absolute atomic E-state index is 0.164.